The Kier molecular flexibility index (Phi) is 4.66. The summed E-state index contributed by atoms with van der Waals surface area (Å²) in [6, 6.07) is 8.45. The van der Waals surface area contributed by atoms with Gasteiger partial charge in [0.25, 0.3) is 4.39 Å². The first-order chi connectivity index (χ1) is 11.3. The smallest absolute Gasteiger partial charge is 0.250 e. The van der Waals surface area contributed by atoms with Gasteiger partial charge >= 0.3 is 0 Å². The van der Waals surface area contributed by atoms with E-state index in [2.05, 4.69) is 29.2 Å². The van der Waals surface area contributed by atoms with Crippen LogP contribution >= 0.6 is 23.5 Å². The standard InChI is InChI=1S/C19H25NOS2/c21-19-20(16-12-9-10-14-18(16)23-19)15-11-7-5-3-1-2-4-6-8-13-17(15)22-19/h9-10,12,14,21H,1-8,11,13H2. The predicted octanol–water partition coefficient (Wildman–Crippen LogP) is 6.08. The monoisotopic (exact) mass is 347 g/mol. The Morgan fingerprint density at radius 3 is 2.26 bits per heavy atom. The topological polar surface area (TPSA) is 23.5 Å². The molecule has 1 aromatic rings. The van der Waals surface area contributed by atoms with E-state index in [4.69, 9.17) is 0 Å². The lowest BCUT2D eigenvalue weighted by molar-refractivity contribution is 0.238. The van der Waals surface area contributed by atoms with E-state index < -0.39 is 4.39 Å². The van der Waals surface area contributed by atoms with E-state index in [1.54, 1.807) is 23.5 Å². The van der Waals surface area contributed by atoms with E-state index in [1.807, 2.05) is 0 Å². The summed E-state index contributed by atoms with van der Waals surface area (Å²) in [7, 11) is 0. The van der Waals surface area contributed by atoms with Gasteiger partial charge in [0.05, 0.1) is 5.69 Å². The second-order valence-electron chi connectivity index (χ2n) is 6.75. The van der Waals surface area contributed by atoms with E-state index in [-0.39, 0.29) is 0 Å². The van der Waals surface area contributed by atoms with Crippen molar-refractivity contribution >= 4 is 29.2 Å². The summed E-state index contributed by atoms with van der Waals surface area (Å²) in [4.78, 5) is 4.88. The minimum atomic E-state index is -0.839. The molecule has 1 atom stereocenters. The van der Waals surface area contributed by atoms with Crippen molar-refractivity contribution in [3.8, 4) is 0 Å². The molecule has 1 unspecified atom stereocenters. The molecule has 2 aliphatic heterocycles. The third kappa shape index (κ3) is 3.06. The fraction of sp³-hybridized carbons (Fsp3) is 0.579. The molecule has 4 heteroatoms. The molecule has 2 nitrogen and oxygen atoms in total. The van der Waals surface area contributed by atoms with E-state index >= 15 is 0 Å². The van der Waals surface area contributed by atoms with Gasteiger partial charge in [-0.05, 0) is 37.8 Å². The van der Waals surface area contributed by atoms with E-state index in [1.165, 1.54) is 72.6 Å². The summed E-state index contributed by atoms with van der Waals surface area (Å²) in [5.74, 6) is 0. The molecule has 0 saturated carbocycles. The number of fused-ring (bicyclic) bond motifs is 4. The molecule has 1 aliphatic carbocycles. The van der Waals surface area contributed by atoms with E-state index in [0.717, 1.165) is 12.8 Å². The number of hydrogen-bond acceptors (Lipinski definition) is 4. The van der Waals surface area contributed by atoms with Crippen molar-refractivity contribution in [2.24, 2.45) is 0 Å². The number of para-hydroxylation sites is 1. The first kappa shape index (κ1) is 15.9. The molecular formula is C19H25NOS2. The van der Waals surface area contributed by atoms with Crippen molar-refractivity contribution in [3.63, 3.8) is 0 Å². The van der Waals surface area contributed by atoms with Crippen LogP contribution in [-0.4, -0.2) is 9.50 Å². The minimum Gasteiger partial charge on any atom is -0.353 e. The van der Waals surface area contributed by atoms with Gasteiger partial charge < -0.3 is 5.11 Å². The molecule has 0 bridgehead atoms. The minimum absolute atomic E-state index is 0.839. The zero-order valence-electron chi connectivity index (χ0n) is 13.6. The van der Waals surface area contributed by atoms with Crippen LogP contribution in [0.2, 0.25) is 0 Å². The number of rotatable bonds is 0. The Morgan fingerprint density at radius 1 is 0.826 bits per heavy atom. The van der Waals surface area contributed by atoms with Crippen LogP contribution in [0.4, 0.5) is 5.69 Å². The molecular weight excluding hydrogens is 322 g/mol. The Hall–Kier alpha value is -0.580. The van der Waals surface area contributed by atoms with Gasteiger partial charge in [-0.2, -0.15) is 0 Å². The molecule has 0 amide bonds. The van der Waals surface area contributed by atoms with E-state index in [9.17, 15) is 5.11 Å². The second-order valence-corrected chi connectivity index (χ2v) is 9.49. The van der Waals surface area contributed by atoms with Crippen molar-refractivity contribution in [2.75, 3.05) is 4.90 Å². The normalized spacial score (nSPS) is 28.7. The lowest BCUT2D eigenvalue weighted by atomic mass is 10.0. The summed E-state index contributed by atoms with van der Waals surface area (Å²) >= 11 is 3.31. The summed E-state index contributed by atoms with van der Waals surface area (Å²) in [5, 5.41) is 11.2. The van der Waals surface area contributed by atoms with Crippen LogP contribution in [-0.2, 0) is 0 Å². The van der Waals surface area contributed by atoms with Gasteiger partial charge in [0.1, 0.15) is 0 Å². The average Bonchev–Trinajstić information content (AvgIpc) is 2.96. The second kappa shape index (κ2) is 6.73. The number of aliphatic hydroxyl groups is 1. The highest BCUT2D eigenvalue weighted by molar-refractivity contribution is 8.20. The number of nitrogens with zero attached hydrogens (tertiary/aromatic N) is 1. The number of benzene rings is 1. The van der Waals surface area contributed by atoms with Crippen LogP contribution in [0.25, 0.3) is 0 Å². The summed E-state index contributed by atoms with van der Waals surface area (Å²) in [6.45, 7) is 0. The average molecular weight is 348 g/mol. The summed E-state index contributed by atoms with van der Waals surface area (Å²) in [6.07, 6.45) is 13.0. The maximum Gasteiger partial charge on any atom is 0.250 e. The van der Waals surface area contributed by atoms with E-state index in [0.29, 0.717) is 0 Å². The summed E-state index contributed by atoms with van der Waals surface area (Å²) < 4.78 is -0.839. The molecule has 0 spiro atoms. The van der Waals surface area contributed by atoms with Gasteiger partial charge in [-0.15, -0.1) is 0 Å². The first-order valence-corrected chi connectivity index (χ1v) is 10.6. The highest BCUT2D eigenvalue weighted by Crippen LogP contribution is 2.63. The van der Waals surface area contributed by atoms with Crippen molar-refractivity contribution in [2.45, 2.75) is 73.5 Å². The first-order valence-electron chi connectivity index (χ1n) is 9.00. The van der Waals surface area contributed by atoms with Crippen LogP contribution < -0.4 is 4.90 Å². The number of thioether (sulfide) groups is 2. The molecule has 0 fully saturated rings. The molecule has 0 saturated heterocycles. The molecule has 0 aromatic heterocycles. The Bertz CT molecular complexity index is 615. The fourth-order valence-electron chi connectivity index (χ4n) is 3.88. The van der Waals surface area contributed by atoms with Gasteiger partial charge in [0.2, 0.25) is 0 Å². The zero-order chi connectivity index (χ0) is 15.7. The number of allylic oxidation sites excluding steroid dienone is 2. The van der Waals surface area contributed by atoms with Crippen LogP contribution in [0.3, 0.4) is 0 Å². The quantitative estimate of drug-likeness (QED) is 0.615. The number of hydrogen-bond donors (Lipinski definition) is 1. The maximum atomic E-state index is 11.2. The molecule has 3 aliphatic rings. The summed E-state index contributed by atoms with van der Waals surface area (Å²) in [5.41, 5.74) is 2.60. The lowest BCUT2D eigenvalue weighted by Gasteiger charge is -2.28. The van der Waals surface area contributed by atoms with Crippen molar-refractivity contribution < 1.29 is 5.11 Å². The lowest BCUT2D eigenvalue weighted by Crippen LogP contribution is -2.35. The third-order valence-electron chi connectivity index (χ3n) is 5.05. The SMILES string of the molecule is OC12SC3=C(CCCCCCCCCC3)N1c1ccccc1S2. The van der Waals surface area contributed by atoms with Crippen molar-refractivity contribution in [3.05, 3.63) is 34.9 Å². The van der Waals surface area contributed by atoms with Crippen molar-refractivity contribution in [1.82, 2.24) is 0 Å². The van der Waals surface area contributed by atoms with Crippen LogP contribution in [0.1, 0.15) is 64.2 Å². The highest BCUT2D eigenvalue weighted by atomic mass is 32.2. The van der Waals surface area contributed by atoms with Gasteiger partial charge in [-0.3, -0.25) is 4.90 Å². The Morgan fingerprint density at radius 2 is 1.48 bits per heavy atom. The molecule has 2 heterocycles. The molecule has 1 aromatic carbocycles. The van der Waals surface area contributed by atoms with Gasteiger partial charge in [0, 0.05) is 15.5 Å². The molecule has 0 radical (unpaired) electrons. The molecule has 23 heavy (non-hydrogen) atoms. The number of anilines is 1. The zero-order valence-corrected chi connectivity index (χ0v) is 15.2. The van der Waals surface area contributed by atoms with Gasteiger partial charge in [0.15, 0.2) is 0 Å². The fourth-order valence-corrected chi connectivity index (χ4v) is 6.79. The molecule has 1 N–H and O–H groups in total. The third-order valence-corrected chi connectivity index (χ3v) is 7.70. The van der Waals surface area contributed by atoms with Crippen molar-refractivity contribution in [1.29, 1.82) is 0 Å². The van der Waals surface area contributed by atoms with Gasteiger partial charge in [-0.1, -0.05) is 74.2 Å². The van der Waals surface area contributed by atoms with Gasteiger partial charge in [-0.25, -0.2) is 0 Å². The molecule has 124 valence electrons. The Labute approximate surface area is 147 Å². The molecule has 4 rings (SSSR count). The van der Waals surface area contributed by atoms with Crippen LogP contribution in [0.5, 0.6) is 0 Å². The van der Waals surface area contributed by atoms with Crippen LogP contribution in [0.15, 0.2) is 39.8 Å². The maximum absolute atomic E-state index is 11.2. The Balaban J connectivity index is 1.64. The largest absolute Gasteiger partial charge is 0.353 e. The highest BCUT2D eigenvalue weighted by Gasteiger charge is 2.51. The predicted molar refractivity (Wildman–Crippen MR) is 101 cm³/mol. The van der Waals surface area contributed by atoms with Crippen LogP contribution in [0, 0.1) is 0 Å².